The van der Waals surface area contributed by atoms with Gasteiger partial charge in [-0.3, -0.25) is 9.59 Å². The van der Waals surface area contributed by atoms with Crippen LogP contribution in [0.1, 0.15) is 30.9 Å². The first-order valence-corrected chi connectivity index (χ1v) is 11.7. The van der Waals surface area contributed by atoms with E-state index < -0.39 is 105 Å². The molecule has 0 saturated carbocycles. The standard InChI is InChI=1S/C24H19F8N7O2/c1-9(36-17-6-35-38-22(40)18(17)24(30,31)32)2-10(25)7-39-8-16(27)11-3-13(15(26)4-12(11)23(39)41)21-34-5-14(19(28)29)20(33)37-21/h3-6,8-10,19H,2,7H2,1H3,(H2,33,34,37)(H2,36,38,40)/t9-,10+/m1/s1. The Morgan fingerprint density at radius 1 is 1.07 bits per heavy atom. The number of nitrogens with one attached hydrogen (secondary N) is 2. The van der Waals surface area contributed by atoms with Crippen molar-refractivity contribution in [3.63, 3.8) is 0 Å². The second kappa shape index (κ2) is 11.1. The van der Waals surface area contributed by atoms with Crippen LogP contribution >= 0.6 is 0 Å². The molecule has 17 heteroatoms. The molecule has 3 aromatic heterocycles. The van der Waals surface area contributed by atoms with Crippen molar-refractivity contribution < 1.29 is 35.1 Å². The molecule has 4 aromatic rings. The molecule has 0 aliphatic carbocycles. The number of fused-ring (bicyclic) bond motifs is 1. The maximum atomic E-state index is 15.0. The molecule has 0 unspecified atom stereocenters. The lowest BCUT2D eigenvalue weighted by molar-refractivity contribution is -0.138. The van der Waals surface area contributed by atoms with E-state index in [1.165, 1.54) is 6.92 Å². The highest BCUT2D eigenvalue weighted by Gasteiger charge is 2.37. The molecule has 1 aromatic carbocycles. The quantitative estimate of drug-likeness (QED) is 0.256. The Morgan fingerprint density at radius 2 is 1.78 bits per heavy atom. The minimum absolute atomic E-state index is 0.394. The maximum Gasteiger partial charge on any atom is 0.423 e. The van der Waals surface area contributed by atoms with E-state index in [4.69, 9.17) is 5.73 Å². The van der Waals surface area contributed by atoms with Crippen LogP contribution in [-0.4, -0.2) is 36.9 Å². The minimum atomic E-state index is -5.02. The fourth-order valence-electron chi connectivity index (χ4n) is 4.16. The molecule has 3 heterocycles. The summed E-state index contributed by atoms with van der Waals surface area (Å²) in [6.45, 7) is 0.576. The van der Waals surface area contributed by atoms with Crippen molar-refractivity contribution in [2.75, 3.05) is 11.1 Å². The first-order valence-electron chi connectivity index (χ1n) is 11.7. The molecular weight excluding hydrogens is 570 g/mol. The van der Waals surface area contributed by atoms with E-state index in [0.717, 1.165) is 6.07 Å². The molecule has 4 N–H and O–H groups in total. The van der Waals surface area contributed by atoms with Crippen LogP contribution in [0.4, 0.5) is 46.6 Å². The fraction of sp³-hybridized carbons (Fsp3) is 0.292. The molecule has 0 radical (unpaired) electrons. The highest BCUT2D eigenvalue weighted by Crippen LogP contribution is 2.32. The third-order valence-corrected chi connectivity index (χ3v) is 5.99. The van der Waals surface area contributed by atoms with Crippen LogP contribution in [0.3, 0.4) is 0 Å². The number of benzene rings is 1. The number of nitrogens with zero attached hydrogens (tertiary/aromatic N) is 4. The van der Waals surface area contributed by atoms with Gasteiger partial charge in [0.05, 0.1) is 34.9 Å². The van der Waals surface area contributed by atoms with Crippen molar-refractivity contribution in [1.29, 1.82) is 0 Å². The summed E-state index contributed by atoms with van der Waals surface area (Å²) in [5, 5.41) is 6.45. The van der Waals surface area contributed by atoms with Crippen molar-refractivity contribution in [3.05, 3.63) is 74.2 Å². The fourth-order valence-corrected chi connectivity index (χ4v) is 4.16. The molecule has 0 spiro atoms. The molecule has 0 aliphatic heterocycles. The minimum Gasteiger partial charge on any atom is -0.383 e. The summed E-state index contributed by atoms with van der Waals surface area (Å²) in [7, 11) is 0. The molecule has 0 bridgehead atoms. The normalized spacial score (nSPS) is 13.5. The molecule has 9 nitrogen and oxygen atoms in total. The average molecular weight is 589 g/mol. The lowest BCUT2D eigenvalue weighted by atomic mass is 10.1. The van der Waals surface area contributed by atoms with Gasteiger partial charge in [-0.15, -0.1) is 0 Å². The van der Waals surface area contributed by atoms with E-state index in [1.54, 1.807) is 5.10 Å². The van der Waals surface area contributed by atoms with Gasteiger partial charge in [0.1, 0.15) is 29.2 Å². The predicted molar refractivity (Wildman–Crippen MR) is 131 cm³/mol. The molecule has 0 saturated heterocycles. The zero-order valence-electron chi connectivity index (χ0n) is 20.7. The van der Waals surface area contributed by atoms with E-state index >= 15 is 0 Å². The molecular formula is C24H19F8N7O2. The SMILES string of the molecule is C[C@H](C[C@H](F)Cn1cc(F)c2cc(-c3ncc(C(F)F)c(N)n3)c(F)cc2c1=O)Nc1cn[nH]c(=O)c1C(F)(F)F. The number of anilines is 2. The van der Waals surface area contributed by atoms with Gasteiger partial charge in [-0.25, -0.2) is 37.0 Å². The molecule has 0 fully saturated rings. The zero-order valence-corrected chi connectivity index (χ0v) is 20.7. The Bertz CT molecular complexity index is 1720. The third-order valence-electron chi connectivity index (χ3n) is 5.99. The summed E-state index contributed by atoms with van der Waals surface area (Å²) in [6, 6.07) is 0.540. The summed E-state index contributed by atoms with van der Waals surface area (Å²) in [5.41, 5.74) is -0.383. The van der Waals surface area contributed by atoms with Crippen molar-refractivity contribution >= 4 is 22.3 Å². The number of rotatable bonds is 8. The van der Waals surface area contributed by atoms with Gasteiger partial charge in [-0.2, -0.15) is 18.3 Å². The Labute approximate surface area is 224 Å². The first kappa shape index (κ1) is 29.4. The van der Waals surface area contributed by atoms with Crippen LogP contribution in [0.15, 0.2) is 40.3 Å². The smallest absolute Gasteiger partial charge is 0.383 e. The number of halogens is 8. The topological polar surface area (TPSA) is 132 Å². The molecule has 4 rings (SSSR count). The highest BCUT2D eigenvalue weighted by atomic mass is 19.4. The number of nitrogen functional groups attached to an aromatic ring is 1. The van der Waals surface area contributed by atoms with Crippen molar-refractivity contribution in [2.24, 2.45) is 0 Å². The number of pyridine rings is 1. The van der Waals surface area contributed by atoms with Crippen LogP contribution in [0, 0.1) is 11.6 Å². The summed E-state index contributed by atoms with van der Waals surface area (Å²) in [6.07, 6.45) is -8.32. The molecule has 41 heavy (non-hydrogen) atoms. The van der Waals surface area contributed by atoms with Gasteiger partial charge in [0.2, 0.25) is 0 Å². The molecule has 218 valence electrons. The third kappa shape index (κ3) is 6.12. The highest BCUT2D eigenvalue weighted by molar-refractivity contribution is 5.86. The maximum absolute atomic E-state index is 15.0. The Kier molecular flexibility index (Phi) is 7.98. The number of hydrogen-bond donors (Lipinski definition) is 3. The average Bonchev–Trinajstić information content (AvgIpc) is 2.85. The molecule has 0 aliphatic rings. The predicted octanol–water partition coefficient (Wildman–Crippen LogP) is 4.59. The second-order valence-corrected chi connectivity index (χ2v) is 9.01. The van der Waals surface area contributed by atoms with Gasteiger partial charge >= 0.3 is 6.18 Å². The lowest BCUT2D eigenvalue weighted by Gasteiger charge is -2.20. The van der Waals surface area contributed by atoms with E-state index in [0.29, 0.717) is 29.2 Å². The van der Waals surface area contributed by atoms with Gasteiger partial charge < -0.3 is 15.6 Å². The van der Waals surface area contributed by atoms with Crippen LogP contribution in [0.25, 0.3) is 22.2 Å². The lowest BCUT2D eigenvalue weighted by Crippen LogP contribution is -2.30. The van der Waals surface area contributed by atoms with Crippen LogP contribution < -0.4 is 22.2 Å². The van der Waals surface area contributed by atoms with Gasteiger partial charge in [0, 0.05) is 30.2 Å². The zero-order chi connectivity index (χ0) is 30.2. The van der Waals surface area contributed by atoms with Gasteiger partial charge in [0.15, 0.2) is 5.82 Å². The van der Waals surface area contributed by atoms with Gasteiger partial charge in [-0.05, 0) is 19.1 Å². The Morgan fingerprint density at radius 3 is 2.41 bits per heavy atom. The summed E-state index contributed by atoms with van der Waals surface area (Å²) in [4.78, 5) is 31.7. The summed E-state index contributed by atoms with van der Waals surface area (Å²) in [5.74, 6) is -3.24. The molecule has 0 amide bonds. The Balaban J connectivity index is 1.57. The van der Waals surface area contributed by atoms with Gasteiger partial charge in [-0.1, -0.05) is 0 Å². The van der Waals surface area contributed by atoms with E-state index in [2.05, 4.69) is 20.4 Å². The van der Waals surface area contributed by atoms with Crippen LogP contribution in [0.2, 0.25) is 0 Å². The number of alkyl halides is 6. The number of H-pyrrole nitrogens is 1. The number of hydrogen-bond acceptors (Lipinski definition) is 7. The van der Waals surface area contributed by atoms with Crippen molar-refractivity contribution in [1.82, 2.24) is 24.7 Å². The number of aromatic amines is 1. The van der Waals surface area contributed by atoms with Crippen molar-refractivity contribution in [3.8, 4) is 11.4 Å². The van der Waals surface area contributed by atoms with Gasteiger partial charge in [0.25, 0.3) is 17.5 Å². The van der Waals surface area contributed by atoms with E-state index in [9.17, 15) is 44.7 Å². The Hall–Kier alpha value is -4.57. The van der Waals surface area contributed by atoms with E-state index in [-0.39, 0.29) is 0 Å². The van der Waals surface area contributed by atoms with Crippen LogP contribution in [0.5, 0.6) is 0 Å². The van der Waals surface area contributed by atoms with E-state index in [1.807, 2.05) is 0 Å². The molecule has 2 atom stereocenters. The number of aromatic nitrogens is 5. The summed E-state index contributed by atoms with van der Waals surface area (Å²) < 4.78 is 111. The van der Waals surface area contributed by atoms with Crippen molar-refractivity contribution in [2.45, 2.75) is 44.7 Å². The first-order chi connectivity index (χ1) is 19.2. The largest absolute Gasteiger partial charge is 0.423 e. The summed E-state index contributed by atoms with van der Waals surface area (Å²) >= 11 is 0. The number of nitrogens with two attached hydrogens (primary N) is 1. The second-order valence-electron chi connectivity index (χ2n) is 9.01. The monoisotopic (exact) mass is 589 g/mol. The van der Waals surface area contributed by atoms with Crippen LogP contribution in [-0.2, 0) is 12.7 Å².